The average Bonchev–Trinajstić information content (AvgIpc) is 1.85. The molecule has 2 nitrogen and oxygen atoms in total. The smallest absolute Gasteiger partial charge is 0.0604 e. The fourth-order valence-electron chi connectivity index (χ4n) is 0.863. The molecule has 0 saturated heterocycles. The van der Waals surface area contributed by atoms with E-state index in [9.17, 15) is 5.11 Å². The lowest BCUT2D eigenvalue weighted by atomic mass is 10.1. The van der Waals surface area contributed by atoms with Crippen molar-refractivity contribution >= 4 is 0 Å². The molecule has 0 bridgehead atoms. The zero-order chi connectivity index (χ0) is 8.85. The first kappa shape index (κ1) is 10.4. The van der Waals surface area contributed by atoms with E-state index in [2.05, 4.69) is 13.2 Å². The molecule has 0 spiro atoms. The molecule has 2 atom stereocenters. The van der Waals surface area contributed by atoms with Gasteiger partial charge in [-0.2, -0.15) is 0 Å². The predicted octanol–water partition coefficient (Wildman–Crippen LogP) is 1.25. The number of rotatable bonds is 5. The van der Waals surface area contributed by atoms with Crippen molar-refractivity contribution in [1.82, 2.24) is 0 Å². The van der Waals surface area contributed by atoms with Gasteiger partial charge < -0.3 is 10.2 Å². The molecule has 0 aliphatic rings. The number of allylic oxidation sites excluding steroid dienone is 1. The van der Waals surface area contributed by atoms with Gasteiger partial charge in [0.25, 0.3) is 0 Å². The Morgan fingerprint density at radius 3 is 2.45 bits per heavy atom. The Labute approximate surface area is 67.9 Å². The number of aliphatic hydroxyl groups is 2. The zero-order valence-electron chi connectivity index (χ0n) is 6.95. The van der Waals surface area contributed by atoms with Gasteiger partial charge in [0.2, 0.25) is 0 Å². The number of hydrogen-bond acceptors (Lipinski definition) is 2. The summed E-state index contributed by atoms with van der Waals surface area (Å²) in [5, 5.41) is 18.1. The highest BCUT2D eigenvalue weighted by Gasteiger charge is 2.07. The molecule has 0 rings (SSSR count). The van der Waals surface area contributed by atoms with Gasteiger partial charge in [-0.1, -0.05) is 24.8 Å². The maximum atomic E-state index is 9.25. The van der Waals surface area contributed by atoms with Crippen molar-refractivity contribution in [3.63, 3.8) is 0 Å². The second-order valence-corrected chi connectivity index (χ2v) is 2.81. The van der Waals surface area contributed by atoms with Crippen LogP contribution in [0.25, 0.3) is 0 Å². The molecule has 64 valence electrons. The minimum atomic E-state index is -0.500. The first-order valence-electron chi connectivity index (χ1n) is 3.72. The van der Waals surface area contributed by atoms with Crippen LogP contribution in [0.1, 0.15) is 19.8 Å². The maximum absolute atomic E-state index is 9.25. The van der Waals surface area contributed by atoms with E-state index in [4.69, 9.17) is 5.11 Å². The van der Waals surface area contributed by atoms with Crippen molar-refractivity contribution in [2.75, 3.05) is 0 Å². The van der Waals surface area contributed by atoms with E-state index in [-0.39, 0.29) is 0 Å². The van der Waals surface area contributed by atoms with Crippen molar-refractivity contribution in [1.29, 1.82) is 0 Å². The lowest BCUT2D eigenvalue weighted by Gasteiger charge is -2.11. The first-order chi connectivity index (χ1) is 5.06. The second kappa shape index (κ2) is 5.10. The Hall–Kier alpha value is -0.600. The van der Waals surface area contributed by atoms with Crippen LogP contribution in [-0.4, -0.2) is 22.4 Å². The standard InChI is InChI=1S/C9H16O2/c1-4-7(2)5-9(11)6-8(3)10/h4,8-11H,1-2,5-6H2,3H3. The summed E-state index contributed by atoms with van der Waals surface area (Å²) in [6, 6.07) is 0. The molecular formula is C9H16O2. The molecule has 2 unspecified atom stereocenters. The molecule has 0 amide bonds. The van der Waals surface area contributed by atoms with E-state index in [0.29, 0.717) is 12.8 Å². The normalized spacial score (nSPS) is 15.5. The summed E-state index contributed by atoms with van der Waals surface area (Å²) in [6.45, 7) is 8.83. The van der Waals surface area contributed by atoms with E-state index in [1.165, 1.54) is 0 Å². The summed E-state index contributed by atoms with van der Waals surface area (Å²) in [4.78, 5) is 0. The number of aliphatic hydroxyl groups excluding tert-OH is 2. The fourth-order valence-corrected chi connectivity index (χ4v) is 0.863. The molecular weight excluding hydrogens is 140 g/mol. The highest BCUT2D eigenvalue weighted by molar-refractivity contribution is 5.11. The minimum Gasteiger partial charge on any atom is -0.393 e. The van der Waals surface area contributed by atoms with Gasteiger partial charge in [0.05, 0.1) is 12.2 Å². The molecule has 0 aromatic carbocycles. The second-order valence-electron chi connectivity index (χ2n) is 2.81. The van der Waals surface area contributed by atoms with Gasteiger partial charge in [-0.3, -0.25) is 0 Å². The summed E-state index contributed by atoms with van der Waals surface area (Å²) in [5.41, 5.74) is 0.804. The quantitative estimate of drug-likeness (QED) is 0.588. The zero-order valence-corrected chi connectivity index (χ0v) is 6.95. The van der Waals surface area contributed by atoms with Gasteiger partial charge in [-0.05, 0) is 19.8 Å². The van der Waals surface area contributed by atoms with Crippen LogP contribution in [0.15, 0.2) is 24.8 Å². The predicted molar refractivity (Wildman–Crippen MR) is 46.3 cm³/mol. The van der Waals surface area contributed by atoms with Crippen molar-refractivity contribution in [3.05, 3.63) is 24.8 Å². The molecule has 0 saturated carbocycles. The molecule has 0 aliphatic heterocycles. The van der Waals surface area contributed by atoms with E-state index < -0.39 is 12.2 Å². The van der Waals surface area contributed by atoms with Gasteiger partial charge >= 0.3 is 0 Å². The Morgan fingerprint density at radius 1 is 1.55 bits per heavy atom. The largest absolute Gasteiger partial charge is 0.393 e. The maximum Gasteiger partial charge on any atom is 0.0604 e. The van der Waals surface area contributed by atoms with Crippen LogP contribution in [0.2, 0.25) is 0 Å². The van der Waals surface area contributed by atoms with Gasteiger partial charge in [-0.15, -0.1) is 0 Å². The molecule has 2 N–H and O–H groups in total. The Kier molecular flexibility index (Phi) is 4.83. The minimum absolute atomic E-state index is 0.396. The lowest BCUT2D eigenvalue weighted by molar-refractivity contribution is 0.0914. The molecule has 0 aromatic rings. The SMILES string of the molecule is C=CC(=C)CC(O)CC(C)O. The van der Waals surface area contributed by atoms with Gasteiger partial charge in [0.15, 0.2) is 0 Å². The molecule has 0 aliphatic carbocycles. The summed E-state index contributed by atoms with van der Waals surface area (Å²) < 4.78 is 0. The molecule has 0 fully saturated rings. The van der Waals surface area contributed by atoms with Crippen LogP contribution in [0.3, 0.4) is 0 Å². The van der Waals surface area contributed by atoms with E-state index in [1.807, 2.05) is 0 Å². The molecule has 11 heavy (non-hydrogen) atoms. The van der Waals surface area contributed by atoms with Crippen LogP contribution in [-0.2, 0) is 0 Å². The van der Waals surface area contributed by atoms with Crippen LogP contribution in [0.4, 0.5) is 0 Å². The average molecular weight is 156 g/mol. The van der Waals surface area contributed by atoms with Crippen molar-refractivity contribution < 1.29 is 10.2 Å². The third-order valence-corrected chi connectivity index (χ3v) is 1.40. The van der Waals surface area contributed by atoms with Gasteiger partial charge in [0.1, 0.15) is 0 Å². The molecule has 0 aromatic heterocycles. The van der Waals surface area contributed by atoms with Crippen LogP contribution < -0.4 is 0 Å². The Balaban J connectivity index is 3.59. The third-order valence-electron chi connectivity index (χ3n) is 1.40. The van der Waals surface area contributed by atoms with Crippen LogP contribution in [0.5, 0.6) is 0 Å². The summed E-state index contributed by atoms with van der Waals surface area (Å²) in [7, 11) is 0. The highest BCUT2D eigenvalue weighted by atomic mass is 16.3. The van der Waals surface area contributed by atoms with Crippen LogP contribution >= 0.6 is 0 Å². The topological polar surface area (TPSA) is 40.5 Å². The molecule has 2 heteroatoms. The lowest BCUT2D eigenvalue weighted by Crippen LogP contribution is -2.14. The van der Waals surface area contributed by atoms with Crippen molar-refractivity contribution in [3.8, 4) is 0 Å². The summed E-state index contributed by atoms with van der Waals surface area (Å²) >= 11 is 0. The molecule has 0 heterocycles. The summed E-state index contributed by atoms with van der Waals surface area (Å²) in [6.07, 6.45) is 1.55. The molecule has 0 radical (unpaired) electrons. The van der Waals surface area contributed by atoms with Gasteiger partial charge in [0, 0.05) is 0 Å². The van der Waals surface area contributed by atoms with E-state index in [1.54, 1.807) is 13.0 Å². The Bertz CT molecular complexity index is 138. The number of hydrogen-bond donors (Lipinski definition) is 2. The van der Waals surface area contributed by atoms with Gasteiger partial charge in [-0.25, -0.2) is 0 Å². The van der Waals surface area contributed by atoms with Crippen molar-refractivity contribution in [2.24, 2.45) is 0 Å². The van der Waals surface area contributed by atoms with Crippen molar-refractivity contribution in [2.45, 2.75) is 32.0 Å². The summed E-state index contributed by atoms with van der Waals surface area (Å²) in [5.74, 6) is 0. The van der Waals surface area contributed by atoms with Crippen LogP contribution in [0, 0.1) is 0 Å². The van der Waals surface area contributed by atoms with E-state index in [0.717, 1.165) is 5.57 Å². The monoisotopic (exact) mass is 156 g/mol. The first-order valence-corrected chi connectivity index (χ1v) is 3.72. The van der Waals surface area contributed by atoms with E-state index >= 15 is 0 Å². The Morgan fingerprint density at radius 2 is 2.09 bits per heavy atom. The fraction of sp³-hybridized carbons (Fsp3) is 0.556. The third kappa shape index (κ3) is 5.83. The highest BCUT2D eigenvalue weighted by Crippen LogP contribution is 2.08.